The van der Waals surface area contributed by atoms with Crippen LogP contribution in [0.15, 0.2) is 36.0 Å². The molecule has 2 aliphatic carbocycles. The van der Waals surface area contributed by atoms with Gasteiger partial charge in [0, 0.05) is 6.42 Å². The van der Waals surface area contributed by atoms with Gasteiger partial charge >= 0.3 is 0 Å². The van der Waals surface area contributed by atoms with Crippen LogP contribution in [0.5, 0.6) is 0 Å². The molecule has 0 saturated heterocycles. The molecule has 0 heterocycles. The molecular weight excluding hydrogens is 148 g/mol. The highest BCUT2D eigenvalue weighted by Gasteiger charge is 2.39. The second-order valence-electron chi connectivity index (χ2n) is 3.56. The molecule has 0 aromatic carbocycles. The molecule has 0 amide bonds. The Labute approximate surface area is 72.5 Å². The molecule has 1 saturated carbocycles. The maximum absolute atomic E-state index is 11.6. The van der Waals surface area contributed by atoms with Gasteiger partial charge in [-0.05, 0) is 13.3 Å². The number of carbonyl (C=O) groups excluding carboxylic acids is 1. The van der Waals surface area contributed by atoms with Gasteiger partial charge in [0.15, 0.2) is 0 Å². The molecule has 2 aliphatic rings. The van der Waals surface area contributed by atoms with Gasteiger partial charge in [0.2, 0.25) is 0 Å². The van der Waals surface area contributed by atoms with Crippen molar-refractivity contribution in [1.82, 2.24) is 0 Å². The third kappa shape index (κ3) is 0.893. The van der Waals surface area contributed by atoms with Gasteiger partial charge in [0.05, 0.1) is 5.41 Å². The Kier molecular flexibility index (Phi) is 1.53. The SMILES string of the molecule is C[C@]12C=CC=CC=C1CCC2=O. The molecule has 1 nitrogen and oxygen atoms in total. The molecule has 62 valence electrons. The number of Topliss-reactive ketones (excluding diaryl/α,β-unsaturated/α-hetero) is 1. The van der Waals surface area contributed by atoms with E-state index in [2.05, 4.69) is 6.08 Å². The summed E-state index contributed by atoms with van der Waals surface area (Å²) in [6, 6.07) is 0. The monoisotopic (exact) mass is 160 g/mol. The highest BCUT2D eigenvalue weighted by atomic mass is 16.1. The summed E-state index contributed by atoms with van der Waals surface area (Å²) < 4.78 is 0. The standard InChI is InChI=1S/C11H12O/c1-11-8-4-2-3-5-9(11)6-7-10(11)12/h2-5,8H,6-7H2,1H3/t11-/m0/s1. The number of hydrogen-bond acceptors (Lipinski definition) is 1. The Morgan fingerprint density at radius 1 is 1.25 bits per heavy atom. The van der Waals surface area contributed by atoms with Gasteiger partial charge in [-0.1, -0.05) is 36.0 Å². The summed E-state index contributed by atoms with van der Waals surface area (Å²) in [5.41, 5.74) is 0.973. The Morgan fingerprint density at radius 3 is 2.92 bits per heavy atom. The molecule has 0 bridgehead atoms. The third-order valence-electron chi connectivity index (χ3n) is 2.82. The fourth-order valence-electron chi connectivity index (χ4n) is 1.89. The van der Waals surface area contributed by atoms with E-state index < -0.39 is 0 Å². The number of hydrogen-bond donors (Lipinski definition) is 0. The largest absolute Gasteiger partial charge is 0.298 e. The lowest BCUT2D eigenvalue weighted by molar-refractivity contribution is -0.122. The summed E-state index contributed by atoms with van der Waals surface area (Å²) in [5, 5.41) is 0. The van der Waals surface area contributed by atoms with Crippen LogP contribution in [0, 0.1) is 5.41 Å². The number of ketones is 1. The minimum atomic E-state index is -0.288. The molecule has 12 heavy (non-hydrogen) atoms. The summed E-state index contributed by atoms with van der Waals surface area (Å²) in [7, 11) is 0. The molecule has 0 aliphatic heterocycles. The first kappa shape index (κ1) is 7.53. The molecule has 2 rings (SSSR count). The second kappa shape index (κ2) is 2.44. The average molecular weight is 160 g/mol. The Balaban J connectivity index is 2.51. The highest BCUT2D eigenvalue weighted by molar-refractivity contribution is 5.93. The smallest absolute Gasteiger partial charge is 0.146 e. The lowest BCUT2D eigenvalue weighted by Gasteiger charge is -2.18. The van der Waals surface area contributed by atoms with Crippen molar-refractivity contribution in [3.05, 3.63) is 36.0 Å². The van der Waals surface area contributed by atoms with Crippen molar-refractivity contribution in [3.63, 3.8) is 0 Å². The molecule has 0 unspecified atom stereocenters. The normalized spacial score (nSPS) is 33.1. The molecule has 0 aromatic rings. The number of rotatable bonds is 0. The van der Waals surface area contributed by atoms with E-state index in [9.17, 15) is 4.79 Å². The zero-order valence-corrected chi connectivity index (χ0v) is 7.21. The molecule has 0 aromatic heterocycles. The van der Waals surface area contributed by atoms with Gasteiger partial charge in [-0.3, -0.25) is 4.79 Å². The Morgan fingerprint density at radius 2 is 2.08 bits per heavy atom. The zero-order valence-electron chi connectivity index (χ0n) is 7.21. The third-order valence-corrected chi connectivity index (χ3v) is 2.82. The number of allylic oxidation sites excluding steroid dienone is 6. The van der Waals surface area contributed by atoms with E-state index in [1.54, 1.807) is 0 Å². The van der Waals surface area contributed by atoms with E-state index >= 15 is 0 Å². The summed E-state index contributed by atoms with van der Waals surface area (Å²) >= 11 is 0. The maximum Gasteiger partial charge on any atom is 0.146 e. The van der Waals surface area contributed by atoms with Gasteiger partial charge in [0.1, 0.15) is 5.78 Å². The summed E-state index contributed by atoms with van der Waals surface area (Å²) in [4.78, 5) is 11.6. The van der Waals surface area contributed by atoms with Crippen LogP contribution in [0.1, 0.15) is 19.8 Å². The molecule has 1 atom stereocenters. The van der Waals surface area contributed by atoms with Crippen LogP contribution in [0.25, 0.3) is 0 Å². The maximum atomic E-state index is 11.6. The van der Waals surface area contributed by atoms with Crippen molar-refractivity contribution in [2.45, 2.75) is 19.8 Å². The van der Waals surface area contributed by atoms with Crippen molar-refractivity contribution >= 4 is 5.78 Å². The van der Waals surface area contributed by atoms with Crippen molar-refractivity contribution in [1.29, 1.82) is 0 Å². The molecule has 0 spiro atoms. The van der Waals surface area contributed by atoms with Gasteiger partial charge in [-0.15, -0.1) is 0 Å². The van der Waals surface area contributed by atoms with Crippen LogP contribution in [0.4, 0.5) is 0 Å². The average Bonchev–Trinajstić information content (AvgIpc) is 2.24. The van der Waals surface area contributed by atoms with Crippen molar-refractivity contribution < 1.29 is 4.79 Å². The van der Waals surface area contributed by atoms with E-state index in [1.165, 1.54) is 5.57 Å². The van der Waals surface area contributed by atoms with Gasteiger partial charge in [-0.25, -0.2) is 0 Å². The minimum absolute atomic E-state index is 0.288. The fourth-order valence-corrected chi connectivity index (χ4v) is 1.89. The lowest BCUT2D eigenvalue weighted by atomic mass is 9.84. The van der Waals surface area contributed by atoms with Crippen LogP contribution in [-0.2, 0) is 4.79 Å². The predicted octanol–water partition coefficient (Wildman–Crippen LogP) is 2.41. The minimum Gasteiger partial charge on any atom is -0.298 e. The zero-order chi connectivity index (χ0) is 8.60. The first-order chi connectivity index (χ1) is 5.73. The van der Waals surface area contributed by atoms with Crippen molar-refractivity contribution in [2.24, 2.45) is 5.41 Å². The van der Waals surface area contributed by atoms with E-state index in [4.69, 9.17) is 0 Å². The van der Waals surface area contributed by atoms with E-state index in [0.717, 1.165) is 6.42 Å². The van der Waals surface area contributed by atoms with Gasteiger partial charge < -0.3 is 0 Å². The Bertz CT molecular complexity index is 307. The lowest BCUT2D eigenvalue weighted by Crippen LogP contribution is -2.19. The quantitative estimate of drug-likeness (QED) is 0.532. The van der Waals surface area contributed by atoms with Gasteiger partial charge in [0.25, 0.3) is 0 Å². The van der Waals surface area contributed by atoms with Gasteiger partial charge in [-0.2, -0.15) is 0 Å². The van der Waals surface area contributed by atoms with Crippen molar-refractivity contribution in [3.8, 4) is 0 Å². The highest BCUT2D eigenvalue weighted by Crippen LogP contribution is 2.41. The summed E-state index contributed by atoms with van der Waals surface area (Å²) in [6.07, 6.45) is 11.7. The summed E-state index contributed by atoms with van der Waals surface area (Å²) in [5.74, 6) is 0.355. The van der Waals surface area contributed by atoms with Crippen LogP contribution in [0.3, 0.4) is 0 Å². The molecule has 0 radical (unpaired) electrons. The second-order valence-corrected chi connectivity index (χ2v) is 3.56. The van der Waals surface area contributed by atoms with E-state index in [-0.39, 0.29) is 5.41 Å². The summed E-state index contributed by atoms with van der Waals surface area (Å²) in [6.45, 7) is 2.01. The van der Waals surface area contributed by atoms with Crippen LogP contribution in [-0.4, -0.2) is 5.78 Å². The molecule has 1 heteroatoms. The first-order valence-corrected chi connectivity index (χ1v) is 4.32. The fraction of sp³-hybridized carbons (Fsp3) is 0.364. The number of fused-ring (bicyclic) bond motifs is 1. The van der Waals surface area contributed by atoms with Crippen LogP contribution in [0.2, 0.25) is 0 Å². The molecule has 0 N–H and O–H groups in total. The predicted molar refractivity (Wildman–Crippen MR) is 48.7 cm³/mol. The molecule has 1 fully saturated rings. The van der Waals surface area contributed by atoms with Crippen LogP contribution >= 0.6 is 0 Å². The van der Waals surface area contributed by atoms with Crippen LogP contribution < -0.4 is 0 Å². The first-order valence-electron chi connectivity index (χ1n) is 4.32. The van der Waals surface area contributed by atoms with E-state index in [0.29, 0.717) is 12.2 Å². The molecular formula is C11H12O. The van der Waals surface area contributed by atoms with E-state index in [1.807, 2.05) is 31.2 Å². The topological polar surface area (TPSA) is 17.1 Å². The van der Waals surface area contributed by atoms with Crippen molar-refractivity contribution in [2.75, 3.05) is 0 Å². The number of carbonyl (C=O) groups is 1. The Hall–Kier alpha value is -1.11.